The predicted octanol–water partition coefficient (Wildman–Crippen LogP) is 1.50. The molecule has 1 aromatic carbocycles. The highest BCUT2D eigenvalue weighted by Crippen LogP contribution is 2.31. The Kier molecular flexibility index (Phi) is 2.76. The third kappa shape index (κ3) is 1.71. The normalized spacial score (nSPS) is 10.2. The molecule has 1 heterocycles. The Morgan fingerprint density at radius 2 is 1.88 bits per heavy atom. The maximum Gasteiger partial charge on any atom is 0.163 e. The summed E-state index contributed by atoms with van der Waals surface area (Å²) in [5.41, 5.74) is 0.942. The minimum atomic E-state index is 0.683. The van der Waals surface area contributed by atoms with Gasteiger partial charge in [-0.2, -0.15) is 0 Å². The molecular formula is C11H13N3O2. The summed E-state index contributed by atoms with van der Waals surface area (Å²) in [6.07, 6.45) is 1.66. The number of methoxy groups -OCH3 is 2. The molecule has 0 fully saturated rings. The van der Waals surface area contributed by atoms with Crippen molar-refractivity contribution in [3.8, 4) is 22.9 Å². The molecule has 5 heteroatoms. The minimum Gasteiger partial charge on any atom is -0.493 e. The van der Waals surface area contributed by atoms with Crippen LogP contribution >= 0.6 is 0 Å². The van der Waals surface area contributed by atoms with Crippen LogP contribution in [0.25, 0.3) is 11.4 Å². The molecule has 0 spiro atoms. The second-order valence-electron chi connectivity index (χ2n) is 3.34. The molecule has 0 amide bonds. The van der Waals surface area contributed by atoms with Crippen LogP contribution in [-0.2, 0) is 7.05 Å². The number of benzene rings is 1. The Hall–Kier alpha value is -2.04. The lowest BCUT2D eigenvalue weighted by atomic mass is 10.2. The van der Waals surface area contributed by atoms with Gasteiger partial charge in [-0.1, -0.05) is 0 Å². The van der Waals surface area contributed by atoms with E-state index in [1.807, 2.05) is 29.8 Å². The van der Waals surface area contributed by atoms with Crippen molar-refractivity contribution in [1.82, 2.24) is 14.8 Å². The Morgan fingerprint density at radius 3 is 2.44 bits per heavy atom. The zero-order valence-electron chi connectivity index (χ0n) is 9.47. The maximum atomic E-state index is 5.23. The molecule has 5 nitrogen and oxygen atoms in total. The molecule has 0 atom stereocenters. The predicted molar refractivity (Wildman–Crippen MR) is 59.5 cm³/mol. The van der Waals surface area contributed by atoms with Gasteiger partial charge in [-0.25, -0.2) is 0 Å². The van der Waals surface area contributed by atoms with E-state index in [9.17, 15) is 0 Å². The molecule has 0 bridgehead atoms. The zero-order valence-corrected chi connectivity index (χ0v) is 9.47. The highest BCUT2D eigenvalue weighted by atomic mass is 16.5. The fraction of sp³-hybridized carbons (Fsp3) is 0.273. The van der Waals surface area contributed by atoms with Crippen LogP contribution in [0.3, 0.4) is 0 Å². The quantitative estimate of drug-likeness (QED) is 0.785. The number of aromatic nitrogens is 3. The molecule has 0 aliphatic heterocycles. The first-order valence-corrected chi connectivity index (χ1v) is 4.82. The number of hydrogen-bond donors (Lipinski definition) is 0. The number of hydrogen-bond acceptors (Lipinski definition) is 4. The summed E-state index contributed by atoms with van der Waals surface area (Å²) < 4.78 is 12.3. The second kappa shape index (κ2) is 4.22. The van der Waals surface area contributed by atoms with Crippen molar-refractivity contribution < 1.29 is 9.47 Å². The van der Waals surface area contributed by atoms with Crippen LogP contribution in [0.1, 0.15) is 0 Å². The van der Waals surface area contributed by atoms with Crippen molar-refractivity contribution in [3.05, 3.63) is 24.5 Å². The summed E-state index contributed by atoms with van der Waals surface area (Å²) in [4.78, 5) is 0. The lowest BCUT2D eigenvalue weighted by Gasteiger charge is -2.08. The fourth-order valence-electron chi connectivity index (χ4n) is 1.52. The first-order chi connectivity index (χ1) is 7.76. The Morgan fingerprint density at radius 1 is 1.12 bits per heavy atom. The molecule has 2 aromatic rings. The van der Waals surface area contributed by atoms with Gasteiger partial charge in [0, 0.05) is 12.6 Å². The van der Waals surface area contributed by atoms with E-state index in [-0.39, 0.29) is 0 Å². The molecule has 0 aliphatic carbocycles. The molecule has 16 heavy (non-hydrogen) atoms. The van der Waals surface area contributed by atoms with Gasteiger partial charge in [-0.15, -0.1) is 10.2 Å². The van der Waals surface area contributed by atoms with Crippen LogP contribution in [0.5, 0.6) is 11.5 Å². The van der Waals surface area contributed by atoms with E-state index >= 15 is 0 Å². The van der Waals surface area contributed by atoms with Gasteiger partial charge in [0.2, 0.25) is 0 Å². The second-order valence-corrected chi connectivity index (χ2v) is 3.34. The van der Waals surface area contributed by atoms with Crippen molar-refractivity contribution in [2.45, 2.75) is 0 Å². The van der Waals surface area contributed by atoms with E-state index < -0.39 is 0 Å². The van der Waals surface area contributed by atoms with Gasteiger partial charge in [-0.05, 0) is 18.2 Å². The maximum absolute atomic E-state index is 5.23. The zero-order chi connectivity index (χ0) is 11.5. The van der Waals surface area contributed by atoms with Gasteiger partial charge in [-0.3, -0.25) is 0 Å². The van der Waals surface area contributed by atoms with Crippen molar-refractivity contribution >= 4 is 0 Å². The van der Waals surface area contributed by atoms with Crippen LogP contribution in [0.4, 0.5) is 0 Å². The first-order valence-electron chi connectivity index (χ1n) is 4.82. The van der Waals surface area contributed by atoms with E-state index in [2.05, 4.69) is 10.2 Å². The summed E-state index contributed by atoms with van der Waals surface area (Å²) in [5.74, 6) is 2.18. The van der Waals surface area contributed by atoms with Gasteiger partial charge in [0.25, 0.3) is 0 Å². The molecule has 84 valence electrons. The number of ether oxygens (including phenoxy) is 2. The average molecular weight is 219 g/mol. The first kappa shape index (κ1) is 10.5. The molecule has 2 rings (SSSR count). The summed E-state index contributed by atoms with van der Waals surface area (Å²) in [6.45, 7) is 0. The van der Waals surface area contributed by atoms with Crippen molar-refractivity contribution in [1.29, 1.82) is 0 Å². The van der Waals surface area contributed by atoms with E-state index in [0.29, 0.717) is 11.5 Å². The van der Waals surface area contributed by atoms with Crippen LogP contribution in [-0.4, -0.2) is 29.0 Å². The van der Waals surface area contributed by atoms with Gasteiger partial charge in [0.15, 0.2) is 17.3 Å². The van der Waals surface area contributed by atoms with Crippen LogP contribution < -0.4 is 9.47 Å². The topological polar surface area (TPSA) is 49.2 Å². The number of rotatable bonds is 3. The molecule has 0 radical (unpaired) electrons. The Labute approximate surface area is 93.6 Å². The summed E-state index contributed by atoms with van der Waals surface area (Å²) in [5, 5.41) is 7.87. The summed E-state index contributed by atoms with van der Waals surface area (Å²) in [6, 6.07) is 5.65. The molecule has 1 aromatic heterocycles. The molecular weight excluding hydrogens is 206 g/mol. The van der Waals surface area contributed by atoms with E-state index in [1.165, 1.54) is 0 Å². The monoisotopic (exact) mass is 219 g/mol. The van der Waals surface area contributed by atoms with Crippen molar-refractivity contribution in [2.24, 2.45) is 7.05 Å². The lowest BCUT2D eigenvalue weighted by molar-refractivity contribution is 0.355. The van der Waals surface area contributed by atoms with Gasteiger partial charge >= 0.3 is 0 Å². The van der Waals surface area contributed by atoms with Crippen molar-refractivity contribution in [2.75, 3.05) is 14.2 Å². The van der Waals surface area contributed by atoms with E-state index in [4.69, 9.17) is 9.47 Å². The number of aryl methyl sites for hydroxylation is 1. The fourth-order valence-corrected chi connectivity index (χ4v) is 1.52. The Bertz CT molecular complexity index is 494. The standard InChI is InChI=1S/C11H13N3O2/c1-14-7-12-13-11(14)8-4-5-9(15-2)10(6-8)16-3/h4-7H,1-3H3. The van der Waals surface area contributed by atoms with E-state index in [0.717, 1.165) is 11.4 Å². The van der Waals surface area contributed by atoms with Crippen LogP contribution in [0.15, 0.2) is 24.5 Å². The van der Waals surface area contributed by atoms with Crippen molar-refractivity contribution in [3.63, 3.8) is 0 Å². The van der Waals surface area contributed by atoms with Gasteiger partial charge < -0.3 is 14.0 Å². The Balaban J connectivity index is 2.48. The molecule has 0 unspecified atom stereocenters. The highest BCUT2D eigenvalue weighted by Gasteiger charge is 2.09. The van der Waals surface area contributed by atoms with Crippen LogP contribution in [0.2, 0.25) is 0 Å². The molecule has 0 saturated heterocycles. The molecule has 0 aliphatic rings. The molecule has 0 saturated carbocycles. The third-order valence-electron chi connectivity index (χ3n) is 2.35. The average Bonchev–Trinajstić information content (AvgIpc) is 2.74. The van der Waals surface area contributed by atoms with Gasteiger partial charge in [0.05, 0.1) is 14.2 Å². The molecule has 0 N–H and O–H groups in total. The minimum absolute atomic E-state index is 0.683. The largest absolute Gasteiger partial charge is 0.493 e. The highest BCUT2D eigenvalue weighted by molar-refractivity contribution is 5.61. The van der Waals surface area contributed by atoms with E-state index in [1.54, 1.807) is 20.5 Å². The smallest absolute Gasteiger partial charge is 0.163 e. The third-order valence-corrected chi connectivity index (χ3v) is 2.35. The number of nitrogens with zero attached hydrogens (tertiary/aromatic N) is 3. The SMILES string of the molecule is COc1ccc(-c2nncn2C)cc1OC. The van der Waals surface area contributed by atoms with Crippen LogP contribution in [0, 0.1) is 0 Å². The van der Waals surface area contributed by atoms with Gasteiger partial charge in [0.1, 0.15) is 6.33 Å². The lowest BCUT2D eigenvalue weighted by Crippen LogP contribution is -1.94. The summed E-state index contributed by atoms with van der Waals surface area (Å²) >= 11 is 0. The summed E-state index contributed by atoms with van der Waals surface area (Å²) in [7, 11) is 5.12.